The molecule has 0 radical (unpaired) electrons. The summed E-state index contributed by atoms with van der Waals surface area (Å²) < 4.78 is 5.48. The van der Waals surface area contributed by atoms with E-state index in [9.17, 15) is 5.11 Å². The predicted molar refractivity (Wildman–Crippen MR) is 74.1 cm³/mol. The highest BCUT2D eigenvalue weighted by molar-refractivity contribution is 5.29. The summed E-state index contributed by atoms with van der Waals surface area (Å²) in [4.78, 5) is 2.33. The molecule has 1 atom stereocenters. The second kappa shape index (κ2) is 5.59. The number of aliphatic hydroxyl groups is 1. The molecule has 4 heteroatoms. The number of fused-ring (bicyclic) bond motifs is 1. The first kappa shape index (κ1) is 13.1. The largest absolute Gasteiger partial charge is 0.385 e. The van der Waals surface area contributed by atoms with Crippen molar-refractivity contribution >= 4 is 0 Å². The van der Waals surface area contributed by atoms with Crippen LogP contribution in [0.2, 0.25) is 0 Å². The minimum Gasteiger partial charge on any atom is -0.385 e. The van der Waals surface area contributed by atoms with Crippen molar-refractivity contribution in [2.75, 3.05) is 39.4 Å². The van der Waals surface area contributed by atoms with Gasteiger partial charge in [0.05, 0.1) is 13.2 Å². The van der Waals surface area contributed by atoms with E-state index in [-0.39, 0.29) is 0 Å². The third-order valence-electron chi connectivity index (χ3n) is 3.98. The summed E-state index contributed by atoms with van der Waals surface area (Å²) in [6, 6.07) is 8.59. The van der Waals surface area contributed by atoms with Crippen molar-refractivity contribution in [2.45, 2.75) is 18.6 Å². The normalized spacial score (nSPS) is 28.7. The molecule has 4 nitrogen and oxygen atoms in total. The fourth-order valence-corrected chi connectivity index (χ4v) is 2.99. The summed E-state index contributed by atoms with van der Waals surface area (Å²) in [5.74, 6) is 0. The van der Waals surface area contributed by atoms with Crippen LogP contribution in [0.15, 0.2) is 24.3 Å². The molecule has 0 unspecified atom stereocenters. The van der Waals surface area contributed by atoms with Gasteiger partial charge in [0.15, 0.2) is 0 Å². The van der Waals surface area contributed by atoms with Crippen LogP contribution in [0.5, 0.6) is 0 Å². The second-order valence-corrected chi connectivity index (χ2v) is 5.68. The third-order valence-corrected chi connectivity index (χ3v) is 3.98. The van der Waals surface area contributed by atoms with E-state index in [4.69, 9.17) is 4.74 Å². The van der Waals surface area contributed by atoms with Gasteiger partial charge in [-0.2, -0.15) is 0 Å². The second-order valence-electron chi connectivity index (χ2n) is 5.68. The maximum absolute atomic E-state index is 10.6. The van der Waals surface area contributed by atoms with Gasteiger partial charge in [-0.15, -0.1) is 0 Å². The Morgan fingerprint density at radius 3 is 3.05 bits per heavy atom. The number of β-amino-alcohol motifs (C(OH)–C–C–N with tert-alkyl or cyclic N) is 1. The number of nitrogens with zero attached hydrogens (tertiary/aromatic N) is 1. The van der Waals surface area contributed by atoms with Crippen molar-refractivity contribution in [3.8, 4) is 0 Å². The quantitative estimate of drug-likeness (QED) is 0.809. The van der Waals surface area contributed by atoms with Gasteiger partial charge in [-0.25, -0.2) is 0 Å². The highest BCUT2D eigenvalue weighted by Crippen LogP contribution is 2.20. The standard InChI is InChI=1S/C15H22N2O2/c18-15(10-16-6-8-19-12-15)11-17-7-5-13-3-1-2-4-14(13)9-17/h1-4,16,18H,5-12H2/t15-/m0/s1. The van der Waals surface area contributed by atoms with Gasteiger partial charge in [0.2, 0.25) is 0 Å². The molecule has 2 N–H and O–H groups in total. The zero-order valence-corrected chi connectivity index (χ0v) is 11.3. The van der Waals surface area contributed by atoms with Crippen molar-refractivity contribution in [3.63, 3.8) is 0 Å². The van der Waals surface area contributed by atoms with Crippen LogP contribution in [0.1, 0.15) is 11.1 Å². The molecule has 0 aromatic heterocycles. The number of benzene rings is 1. The molecule has 3 rings (SSSR count). The van der Waals surface area contributed by atoms with Gasteiger partial charge in [0.25, 0.3) is 0 Å². The predicted octanol–water partition coefficient (Wildman–Crippen LogP) is 0.396. The maximum atomic E-state index is 10.6. The zero-order valence-electron chi connectivity index (χ0n) is 11.3. The van der Waals surface area contributed by atoms with Crippen molar-refractivity contribution in [1.29, 1.82) is 0 Å². The number of nitrogens with one attached hydrogen (secondary N) is 1. The van der Waals surface area contributed by atoms with E-state index in [2.05, 4.69) is 34.5 Å². The van der Waals surface area contributed by atoms with Crippen molar-refractivity contribution in [3.05, 3.63) is 35.4 Å². The van der Waals surface area contributed by atoms with Gasteiger partial charge >= 0.3 is 0 Å². The van der Waals surface area contributed by atoms with Gasteiger partial charge in [-0.05, 0) is 17.5 Å². The highest BCUT2D eigenvalue weighted by Gasteiger charge is 2.32. The lowest BCUT2D eigenvalue weighted by atomic mass is 9.97. The Balaban J connectivity index is 1.65. The van der Waals surface area contributed by atoms with Crippen LogP contribution < -0.4 is 5.32 Å². The molecular weight excluding hydrogens is 240 g/mol. The number of rotatable bonds is 2. The molecule has 1 aromatic rings. The van der Waals surface area contributed by atoms with Crippen molar-refractivity contribution in [1.82, 2.24) is 10.2 Å². The summed E-state index contributed by atoms with van der Waals surface area (Å²) in [6.07, 6.45) is 1.07. The number of hydrogen-bond acceptors (Lipinski definition) is 4. The first-order valence-corrected chi connectivity index (χ1v) is 7.05. The Hall–Kier alpha value is -0.940. The SMILES string of the molecule is O[C@]1(CN2CCc3ccccc3C2)CNCCOC1. The molecule has 0 bridgehead atoms. The summed E-state index contributed by atoms with van der Waals surface area (Å²) in [5.41, 5.74) is 2.07. The van der Waals surface area contributed by atoms with E-state index in [1.165, 1.54) is 11.1 Å². The molecule has 1 aromatic carbocycles. The highest BCUT2D eigenvalue weighted by atomic mass is 16.5. The Kier molecular flexibility index (Phi) is 3.84. The number of hydrogen-bond donors (Lipinski definition) is 2. The van der Waals surface area contributed by atoms with Crippen molar-refractivity contribution in [2.24, 2.45) is 0 Å². The summed E-state index contributed by atoms with van der Waals surface area (Å²) in [7, 11) is 0. The van der Waals surface area contributed by atoms with Crippen LogP contribution in [0.3, 0.4) is 0 Å². The van der Waals surface area contributed by atoms with Crippen LogP contribution in [0, 0.1) is 0 Å². The smallest absolute Gasteiger partial charge is 0.113 e. The van der Waals surface area contributed by atoms with E-state index >= 15 is 0 Å². The lowest BCUT2D eigenvalue weighted by Crippen LogP contribution is -2.52. The monoisotopic (exact) mass is 262 g/mol. The molecule has 0 spiro atoms. The lowest BCUT2D eigenvalue weighted by Gasteiger charge is -2.35. The van der Waals surface area contributed by atoms with Gasteiger partial charge in [0.1, 0.15) is 5.60 Å². The molecule has 2 heterocycles. The molecule has 0 saturated carbocycles. The van der Waals surface area contributed by atoms with E-state index < -0.39 is 5.60 Å². The zero-order chi connectivity index (χ0) is 13.1. The topological polar surface area (TPSA) is 44.7 Å². The number of ether oxygens (including phenoxy) is 1. The van der Waals surface area contributed by atoms with Crippen LogP contribution >= 0.6 is 0 Å². The van der Waals surface area contributed by atoms with Gasteiger partial charge in [-0.3, -0.25) is 4.90 Å². The molecule has 0 aliphatic carbocycles. The van der Waals surface area contributed by atoms with E-state index in [0.717, 1.165) is 26.1 Å². The maximum Gasteiger partial charge on any atom is 0.113 e. The molecular formula is C15H22N2O2. The minimum absolute atomic E-state index is 0.429. The van der Waals surface area contributed by atoms with Crippen LogP contribution in [0.4, 0.5) is 0 Å². The summed E-state index contributed by atoms with van der Waals surface area (Å²) >= 11 is 0. The summed E-state index contributed by atoms with van der Waals surface area (Å²) in [5, 5.41) is 13.9. The van der Waals surface area contributed by atoms with Crippen LogP contribution in [-0.4, -0.2) is 55.0 Å². The van der Waals surface area contributed by atoms with Gasteiger partial charge in [-0.1, -0.05) is 24.3 Å². The fraction of sp³-hybridized carbons (Fsp3) is 0.600. The Morgan fingerprint density at radius 1 is 1.32 bits per heavy atom. The Bertz CT molecular complexity index is 428. The van der Waals surface area contributed by atoms with Gasteiger partial charge < -0.3 is 15.2 Å². The van der Waals surface area contributed by atoms with Crippen LogP contribution in [0.25, 0.3) is 0 Å². The van der Waals surface area contributed by atoms with E-state index in [1.807, 2.05) is 0 Å². The third kappa shape index (κ3) is 3.15. The Labute approximate surface area is 114 Å². The molecule has 1 saturated heterocycles. The molecule has 0 amide bonds. The van der Waals surface area contributed by atoms with Crippen molar-refractivity contribution < 1.29 is 9.84 Å². The lowest BCUT2D eigenvalue weighted by molar-refractivity contribution is -0.0510. The fourth-order valence-electron chi connectivity index (χ4n) is 2.99. The molecule has 2 aliphatic rings. The first-order valence-electron chi connectivity index (χ1n) is 7.05. The summed E-state index contributed by atoms with van der Waals surface area (Å²) in [6.45, 7) is 5.17. The average Bonchev–Trinajstić information content (AvgIpc) is 2.63. The van der Waals surface area contributed by atoms with Gasteiger partial charge in [0, 0.05) is 32.7 Å². The Morgan fingerprint density at radius 2 is 2.16 bits per heavy atom. The molecule has 104 valence electrons. The minimum atomic E-state index is -0.761. The average molecular weight is 262 g/mol. The molecule has 19 heavy (non-hydrogen) atoms. The first-order chi connectivity index (χ1) is 9.25. The molecule has 1 fully saturated rings. The van der Waals surface area contributed by atoms with Crippen LogP contribution in [-0.2, 0) is 17.7 Å². The van der Waals surface area contributed by atoms with E-state index in [0.29, 0.717) is 26.3 Å². The van der Waals surface area contributed by atoms with E-state index in [1.54, 1.807) is 0 Å². The molecule has 2 aliphatic heterocycles.